The van der Waals surface area contributed by atoms with E-state index in [1.54, 1.807) is 0 Å². The SMILES string of the molecule is [NH-][C@H](CC(F)(F)F)c1ccc(Cl)c(Cl)c1. The molecular weight excluding hydrogens is 250 g/mol. The topological polar surface area (TPSA) is 23.8 Å². The predicted octanol–water partition coefficient (Wildman–Crippen LogP) is 5.04. The fourth-order valence-corrected chi connectivity index (χ4v) is 1.38. The van der Waals surface area contributed by atoms with Crippen LogP contribution in [0.25, 0.3) is 5.73 Å². The van der Waals surface area contributed by atoms with Gasteiger partial charge in [0.25, 0.3) is 0 Å². The van der Waals surface area contributed by atoms with Crippen molar-refractivity contribution < 1.29 is 13.2 Å². The molecule has 1 N–H and O–H groups in total. The van der Waals surface area contributed by atoms with Gasteiger partial charge in [0.1, 0.15) is 0 Å². The number of nitrogens with one attached hydrogen (secondary N) is 1. The summed E-state index contributed by atoms with van der Waals surface area (Å²) in [5.41, 5.74) is 7.52. The third-order valence-electron chi connectivity index (χ3n) is 1.78. The van der Waals surface area contributed by atoms with E-state index in [9.17, 15) is 13.2 Å². The molecule has 1 rings (SSSR count). The van der Waals surface area contributed by atoms with Crippen molar-refractivity contribution in [2.24, 2.45) is 0 Å². The second-order valence-electron chi connectivity index (χ2n) is 3.05. The van der Waals surface area contributed by atoms with Crippen molar-refractivity contribution in [2.75, 3.05) is 0 Å². The van der Waals surface area contributed by atoms with Crippen molar-refractivity contribution in [1.29, 1.82) is 0 Å². The molecule has 0 spiro atoms. The summed E-state index contributed by atoms with van der Waals surface area (Å²) in [5, 5.41) is 0.424. The molecule has 6 heteroatoms. The smallest absolute Gasteiger partial charge is 0.388 e. The van der Waals surface area contributed by atoms with Gasteiger partial charge >= 0.3 is 6.18 Å². The Balaban J connectivity index is 2.83. The minimum absolute atomic E-state index is 0.161. The van der Waals surface area contributed by atoms with E-state index in [0.717, 1.165) is 0 Å². The van der Waals surface area contributed by atoms with Crippen LogP contribution in [0.1, 0.15) is 18.0 Å². The van der Waals surface area contributed by atoms with Crippen LogP contribution in [0, 0.1) is 0 Å². The maximum atomic E-state index is 12.0. The van der Waals surface area contributed by atoms with Crippen LogP contribution < -0.4 is 0 Å². The van der Waals surface area contributed by atoms with Gasteiger partial charge in [-0.15, -0.1) is 6.04 Å². The summed E-state index contributed by atoms with van der Waals surface area (Å²) in [5.74, 6) is 0. The van der Waals surface area contributed by atoms with Crippen LogP contribution in [0.3, 0.4) is 0 Å². The Labute approximate surface area is 95.0 Å². The largest absolute Gasteiger partial charge is 0.671 e. The Kier molecular flexibility index (Phi) is 3.87. The minimum atomic E-state index is -4.35. The Morgan fingerprint density at radius 1 is 1.20 bits per heavy atom. The summed E-state index contributed by atoms with van der Waals surface area (Å²) in [4.78, 5) is 0. The fraction of sp³-hybridized carbons (Fsp3) is 0.333. The van der Waals surface area contributed by atoms with Crippen molar-refractivity contribution in [1.82, 2.24) is 0 Å². The Morgan fingerprint density at radius 2 is 1.80 bits per heavy atom. The van der Waals surface area contributed by atoms with Gasteiger partial charge in [-0.05, 0) is 12.1 Å². The summed E-state index contributed by atoms with van der Waals surface area (Å²) in [6.07, 6.45) is -5.54. The summed E-state index contributed by atoms with van der Waals surface area (Å²) in [6.45, 7) is 0. The lowest BCUT2D eigenvalue weighted by molar-refractivity contribution is -0.136. The second kappa shape index (κ2) is 4.60. The Hall–Kier alpha value is -0.450. The molecule has 0 aliphatic rings. The quantitative estimate of drug-likeness (QED) is 0.708. The number of hydrogen-bond acceptors (Lipinski definition) is 0. The van der Waals surface area contributed by atoms with Crippen molar-refractivity contribution in [3.05, 3.63) is 39.5 Å². The molecule has 0 heterocycles. The monoisotopic (exact) mass is 256 g/mol. The van der Waals surface area contributed by atoms with Gasteiger partial charge in [0.15, 0.2) is 0 Å². The van der Waals surface area contributed by atoms with Crippen LogP contribution in [0.2, 0.25) is 10.0 Å². The lowest BCUT2D eigenvalue weighted by Crippen LogP contribution is -2.11. The molecule has 0 radical (unpaired) electrons. The van der Waals surface area contributed by atoms with Crippen molar-refractivity contribution in [3.63, 3.8) is 0 Å². The van der Waals surface area contributed by atoms with E-state index in [0.29, 0.717) is 0 Å². The summed E-state index contributed by atoms with van der Waals surface area (Å²) in [7, 11) is 0. The molecule has 1 atom stereocenters. The number of halogens is 5. The van der Waals surface area contributed by atoms with Gasteiger partial charge in [0.05, 0.1) is 10.0 Å². The predicted molar refractivity (Wildman–Crippen MR) is 54.2 cm³/mol. The van der Waals surface area contributed by atoms with Crippen LogP contribution in [0.5, 0.6) is 0 Å². The van der Waals surface area contributed by atoms with Crippen LogP contribution in [-0.4, -0.2) is 6.18 Å². The lowest BCUT2D eigenvalue weighted by Gasteiger charge is -2.22. The average molecular weight is 257 g/mol. The molecule has 0 fully saturated rings. The molecule has 15 heavy (non-hydrogen) atoms. The van der Waals surface area contributed by atoms with Crippen molar-refractivity contribution in [3.8, 4) is 0 Å². The van der Waals surface area contributed by atoms with Gasteiger partial charge in [-0.2, -0.15) is 13.2 Å². The van der Waals surface area contributed by atoms with E-state index in [2.05, 4.69) is 0 Å². The van der Waals surface area contributed by atoms with Gasteiger partial charge in [0, 0.05) is 6.42 Å². The maximum Gasteiger partial charge on any atom is 0.388 e. The molecule has 84 valence electrons. The van der Waals surface area contributed by atoms with E-state index >= 15 is 0 Å². The molecule has 0 unspecified atom stereocenters. The molecule has 0 amide bonds. The van der Waals surface area contributed by atoms with Gasteiger partial charge in [-0.1, -0.05) is 34.8 Å². The van der Waals surface area contributed by atoms with Gasteiger partial charge in [-0.25, -0.2) is 0 Å². The van der Waals surface area contributed by atoms with Crippen LogP contribution >= 0.6 is 23.2 Å². The first-order valence-electron chi connectivity index (χ1n) is 4.02. The molecule has 1 aromatic rings. The highest BCUT2D eigenvalue weighted by molar-refractivity contribution is 6.42. The molecular formula is C9H7Cl2F3N-. The van der Waals surface area contributed by atoms with E-state index in [4.69, 9.17) is 28.9 Å². The standard InChI is InChI=1S/C9H7Cl2F3N/c10-6-2-1-5(3-7(6)11)8(15)4-9(12,13)14/h1-3,8,15H,4H2/q-1/t8-/m1/s1. The van der Waals surface area contributed by atoms with Crippen molar-refractivity contribution in [2.45, 2.75) is 18.6 Å². The molecule has 1 aromatic carbocycles. The highest BCUT2D eigenvalue weighted by Crippen LogP contribution is 2.33. The molecule has 0 aliphatic heterocycles. The van der Waals surface area contributed by atoms with E-state index in [1.165, 1.54) is 18.2 Å². The average Bonchev–Trinajstić information content (AvgIpc) is 2.06. The number of rotatable bonds is 2. The third-order valence-corrected chi connectivity index (χ3v) is 2.52. The van der Waals surface area contributed by atoms with E-state index < -0.39 is 18.6 Å². The minimum Gasteiger partial charge on any atom is -0.671 e. The van der Waals surface area contributed by atoms with Crippen LogP contribution in [0.4, 0.5) is 13.2 Å². The highest BCUT2D eigenvalue weighted by atomic mass is 35.5. The fourth-order valence-electron chi connectivity index (χ4n) is 1.08. The molecule has 1 nitrogen and oxygen atoms in total. The first-order chi connectivity index (χ1) is 6.79. The summed E-state index contributed by atoms with van der Waals surface area (Å²) >= 11 is 11.2. The first kappa shape index (κ1) is 12.6. The molecule has 0 aromatic heterocycles. The van der Waals surface area contributed by atoms with Gasteiger partial charge in [-0.3, -0.25) is 0 Å². The van der Waals surface area contributed by atoms with Crippen LogP contribution in [0.15, 0.2) is 18.2 Å². The number of alkyl halides is 3. The van der Waals surface area contributed by atoms with Crippen LogP contribution in [-0.2, 0) is 0 Å². The molecule has 0 aliphatic carbocycles. The van der Waals surface area contributed by atoms with Crippen molar-refractivity contribution >= 4 is 23.2 Å². The normalized spacial score (nSPS) is 14.0. The summed E-state index contributed by atoms with van der Waals surface area (Å²) in [6, 6.07) is 2.68. The first-order valence-corrected chi connectivity index (χ1v) is 4.78. The van der Waals surface area contributed by atoms with Gasteiger partial charge in [0.2, 0.25) is 0 Å². The molecule has 0 saturated heterocycles. The lowest BCUT2D eigenvalue weighted by atomic mass is 10.0. The second-order valence-corrected chi connectivity index (χ2v) is 3.86. The highest BCUT2D eigenvalue weighted by Gasteiger charge is 2.28. The van der Waals surface area contributed by atoms with E-state index in [-0.39, 0.29) is 15.6 Å². The zero-order valence-corrected chi connectivity index (χ0v) is 8.92. The Morgan fingerprint density at radius 3 is 2.27 bits per heavy atom. The number of hydrogen-bond donors (Lipinski definition) is 0. The third kappa shape index (κ3) is 3.89. The Bertz CT molecular complexity index is 352. The molecule has 0 bridgehead atoms. The summed E-state index contributed by atoms with van der Waals surface area (Å²) < 4.78 is 36.0. The molecule has 0 saturated carbocycles. The maximum absolute atomic E-state index is 12.0. The number of benzene rings is 1. The zero-order chi connectivity index (χ0) is 11.6. The zero-order valence-electron chi connectivity index (χ0n) is 7.41. The van der Waals surface area contributed by atoms with E-state index in [1.807, 2.05) is 0 Å². The van der Waals surface area contributed by atoms with Gasteiger partial charge < -0.3 is 5.73 Å².